The quantitative estimate of drug-likeness (QED) is 0.270. The molecule has 0 aliphatic heterocycles. The van der Waals surface area contributed by atoms with E-state index >= 15 is 0 Å². The Bertz CT molecular complexity index is 393. The van der Waals surface area contributed by atoms with Crippen molar-refractivity contribution in [2.24, 2.45) is 0 Å². The summed E-state index contributed by atoms with van der Waals surface area (Å²) in [6, 6.07) is 1.12. The van der Waals surface area contributed by atoms with E-state index in [0.717, 1.165) is 25.3 Å². The highest BCUT2D eigenvalue weighted by atomic mass is 16.6. The van der Waals surface area contributed by atoms with Crippen LogP contribution in [-0.2, 0) is 6.42 Å². The summed E-state index contributed by atoms with van der Waals surface area (Å²) in [5.41, 5.74) is 5.71. The van der Waals surface area contributed by atoms with Crippen LogP contribution < -0.4 is 10.5 Å². The van der Waals surface area contributed by atoms with Gasteiger partial charge in [0.25, 0.3) is 11.5 Å². The minimum Gasteiger partial charge on any atom is -0.711 e. The molecule has 2 N–H and O–H groups in total. The number of anilines is 1. The molecule has 88 valence electrons. The Morgan fingerprint density at radius 2 is 2.19 bits per heavy atom. The Balaban J connectivity index is 2.95. The summed E-state index contributed by atoms with van der Waals surface area (Å²) >= 11 is 0. The maximum absolute atomic E-state index is 11.2. The molecule has 1 heterocycles. The van der Waals surface area contributed by atoms with Crippen molar-refractivity contribution >= 4 is 11.5 Å². The number of unbranched alkanes of at least 4 members (excludes halogenated alkanes) is 2. The van der Waals surface area contributed by atoms with Gasteiger partial charge in [-0.25, -0.2) is 4.73 Å². The van der Waals surface area contributed by atoms with Gasteiger partial charge in [0, 0.05) is 0 Å². The van der Waals surface area contributed by atoms with E-state index in [1.54, 1.807) is 0 Å². The number of nitrogens with two attached hydrogens (primary N) is 1. The van der Waals surface area contributed by atoms with Crippen LogP contribution in [-0.4, -0.2) is 4.92 Å². The minimum absolute atomic E-state index is 0.0688. The topological polar surface area (TPSA) is 96.1 Å². The first kappa shape index (κ1) is 12.2. The number of nitro groups is 1. The average Bonchev–Trinajstić information content (AvgIpc) is 2.23. The lowest BCUT2D eigenvalue weighted by molar-refractivity contribution is -0.591. The molecule has 6 nitrogen and oxygen atoms in total. The number of aromatic nitrogens is 1. The summed E-state index contributed by atoms with van der Waals surface area (Å²) in [5.74, 6) is -0.147. The van der Waals surface area contributed by atoms with Crippen LogP contribution in [0.2, 0.25) is 0 Å². The molecule has 1 aromatic heterocycles. The van der Waals surface area contributed by atoms with Crippen molar-refractivity contribution in [2.75, 3.05) is 5.73 Å². The molecule has 0 atom stereocenters. The third kappa shape index (κ3) is 2.82. The predicted molar refractivity (Wildman–Crippen MR) is 59.7 cm³/mol. The van der Waals surface area contributed by atoms with Crippen LogP contribution in [0.3, 0.4) is 0 Å². The van der Waals surface area contributed by atoms with Gasteiger partial charge < -0.3 is 5.21 Å². The van der Waals surface area contributed by atoms with Gasteiger partial charge in [-0.2, -0.15) is 0 Å². The fourth-order valence-corrected chi connectivity index (χ4v) is 1.51. The summed E-state index contributed by atoms with van der Waals surface area (Å²) in [6.07, 6.45) is 4.58. The van der Waals surface area contributed by atoms with E-state index in [1.165, 1.54) is 6.20 Å². The second kappa shape index (κ2) is 5.29. The van der Waals surface area contributed by atoms with E-state index < -0.39 is 4.92 Å². The number of hydrogen-bond donors (Lipinski definition) is 1. The number of rotatable bonds is 5. The molecule has 1 rings (SSSR count). The van der Waals surface area contributed by atoms with E-state index in [4.69, 9.17) is 5.73 Å². The lowest BCUT2D eigenvalue weighted by atomic mass is 10.1. The second-order valence-corrected chi connectivity index (χ2v) is 3.65. The molecule has 1 aromatic rings. The Morgan fingerprint density at radius 1 is 1.50 bits per heavy atom. The zero-order chi connectivity index (χ0) is 12.1. The van der Waals surface area contributed by atoms with Crippen LogP contribution in [0.15, 0.2) is 12.3 Å². The highest BCUT2D eigenvalue weighted by Crippen LogP contribution is 2.20. The normalized spacial score (nSPS) is 10.3. The molecule has 0 unspecified atom stereocenters. The summed E-state index contributed by atoms with van der Waals surface area (Å²) in [6.45, 7) is 2.05. The molecule has 0 fully saturated rings. The first-order chi connectivity index (χ1) is 7.56. The predicted octanol–water partition coefficient (Wildman–Crippen LogP) is 1.54. The van der Waals surface area contributed by atoms with Gasteiger partial charge in [-0.3, -0.25) is 15.8 Å². The maximum atomic E-state index is 11.2. The first-order valence-electron chi connectivity index (χ1n) is 5.22. The number of nitrogens with zero attached hydrogens (tertiary/aromatic N) is 2. The summed E-state index contributed by atoms with van der Waals surface area (Å²) in [5, 5.41) is 22.0. The summed E-state index contributed by atoms with van der Waals surface area (Å²) < 4.78 is 0.467. The standard InChI is InChI=1S/C10H15N3O3/c1-2-3-4-5-8-7-12(14)10(11)6-9(8)13(15)16/h6-7H,2-5,11H2,1H3. The van der Waals surface area contributed by atoms with Crippen molar-refractivity contribution in [3.63, 3.8) is 0 Å². The molecule has 0 saturated heterocycles. The summed E-state index contributed by atoms with van der Waals surface area (Å²) in [7, 11) is 0. The fourth-order valence-electron chi connectivity index (χ4n) is 1.51. The molecular weight excluding hydrogens is 210 g/mol. The van der Waals surface area contributed by atoms with Gasteiger partial charge in [0.15, 0.2) is 0 Å². The van der Waals surface area contributed by atoms with Crippen LogP contribution in [0.1, 0.15) is 31.7 Å². The molecule has 0 aliphatic rings. The van der Waals surface area contributed by atoms with E-state index in [0.29, 0.717) is 16.7 Å². The summed E-state index contributed by atoms with van der Waals surface area (Å²) in [4.78, 5) is 10.3. The SMILES string of the molecule is CCCCCc1c[n+]([O-])c(N)cc1[N+](=O)[O-]. The van der Waals surface area contributed by atoms with Crippen molar-refractivity contribution in [1.29, 1.82) is 0 Å². The van der Waals surface area contributed by atoms with Gasteiger partial charge in [-0.1, -0.05) is 19.8 Å². The molecule has 16 heavy (non-hydrogen) atoms. The smallest absolute Gasteiger partial charge is 0.284 e. The molecule has 0 bridgehead atoms. The molecule has 0 aliphatic carbocycles. The van der Waals surface area contributed by atoms with Gasteiger partial charge in [-0.15, -0.1) is 0 Å². The molecule has 0 spiro atoms. The third-order valence-corrected chi connectivity index (χ3v) is 2.39. The van der Waals surface area contributed by atoms with Gasteiger partial charge in [0.05, 0.1) is 10.5 Å². The van der Waals surface area contributed by atoms with Crippen molar-refractivity contribution in [3.8, 4) is 0 Å². The van der Waals surface area contributed by atoms with Crippen molar-refractivity contribution in [3.05, 3.63) is 33.1 Å². The molecule has 0 radical (unpaired) electrons. The first-order valence-corrected chi connectivity index (χ1v) is 5.22. The largest absolute Gasteiger partial charge is 0.711 e. The zero-order valence-corrected chi connectivity index (χ0v) is 9.18. The van der Waals surface area contributed by atoms with Gasteiger partial charge in [0.2, 0.25) is 0 Å². The van der Waals surface area contributed by atoms with E-state index in [9.17, 15) is 15.3 Å². The Hall–Kier alpha value is -1.85. The van der Waals surface area contributed by atoms with E-state index in [2.05, 4.69) is 0 Å². The Morgan fingerprint density at radius 3 is 2.75 bits per heavy atom. The maximum Gasteiger partial charge on any atom is 0.284 e. The Kier molecular flexibility index (Phi) is 4.04. The molecule has 0 amide bonds. The van der Waals surface area contributed by atoms with Crippen LogP contribution in [0.25, 0.3) is 0 Å². The van der Waals surface area contributed by atoms with Gasteiger partial charge in [-0.05, 0) is 12.8 Å². The van der Waals surface area contributed by atoms with Gasteiger partial charge >= 0.3 is 0 Å². The van der Waals surface area contributed by atoms with Crippen LogP contribution >= 0.6 is 0 Å². The molecular formula is C10H15N3O3. The highest BCUT2D eigenvalue weighted by molar-refractivity contribution is 5.43. The third-order valence-electron chi connectivity index (χ3n) is 2.39. The molecule has 0 saturated carbocycles. The van der Waals surface area contributed by atoms with Crippen molar-refractivity contribution in [2.45, 2.75) is 32.6 Å². The second-order valence-electron chi connectivity index (χ2n) is 3.65. The molecule has 6 heteroatoms. The number of aryl methyl sites for hydroxylation is 1. The van der Waals surface area contributed by atoms with Crippen LogP contribution in [0.5, 0.6) is 0 Å². The van der Waals surface area contributed by atoms with E-state index in [1.807, 2.05) is 6.92 Å². The van der Waals surface area contributed by atoms with Crippen LogP contribution in [0, 0.1) is 15.3 Å². The number of nitrogen functional groups attached to an aromatic ring is 1. The number of hydrogen-bond acceptors (Lipinski definition) is 4. The lowest BCUT2D eigenvalue weighted by Gasteiger charge is -2.08. The van der Waals surface area contributed by atoms with E-state index in [-0.39, 0.29) is 11.5 Å². The highest BCUT2D eigenvalue weighted by Gasteiger charge is 2.17. The van der Waals surface area contributed by atoms with Crippen molar-refractivity contribution in [1.82, 2.24) is 0 Å². The monoisotopic (exact) mass is 225 g/mol. The lowest BCUT2D eigenvalue weighted by Crippen LogP contribution is -2.31. The minimum atomic E-state index is -0.502. The van der Waals surface area contributed by atoms with Gasteiger partial charge in [0.1, 0.15) is 12.3 Å². The fraction of sp³-hybridized carbons (Fsp3) is 0.500. The van der Waals surface area contributed by atoms with Crippen molar-refractivity contribution < 1.29 is 9.65 Å². The number of pyridine rings is 1. The van der Waals surface area contributed by atoms with Crippen LogP contribution in [0.4, 0.5) is 11.5 Å². The average molecular weight is 225 g/mol. The molecule has 0 aromatic carbocycles. The Labute approximate surface area is 93.4 Å². The zero-order valence-electron chi connectivity index (χ0n) is 9.18.